The predicted molar refractivity (Wildman–Crippen MR) is 155 cm³/mol. The molecule has 9 unspecified atom stereocenters. The number of phenols is 1. The van der Waals surface area contributed by atoms with Gasteiger partial charge in [0.15, 0.2) is 11.5 Å². The average Bonchev–Trinajstić information content (AvgIpc) is 3.33. The van der Waals surface area contributed by atoms with Gasteiger partial charge >= 0.3 is 0 Å². The van der Waals surface area contributed by atoms with Gasteiger partial charge in [0, 0.05) is 12.1 Å². The van der Waals surface area contributed by atoms with E-state index in [1.54, 1.807) is 0 Å². The summed E-state index contributed by atoms with van der Waals surface area (Å²) in [5.41, 5.74) is -0.280. The minimum absolute atomic E-state index is 0.00971. The monoisotopic (exact) mass is 652 g/mol. The molecule has 0 bridgehead atoms. The summed E-state index contributed by atoms with van der Waals surface area (Å²) in [6.07, 6.45) is -11.4. The number of aromatic hydroxyl groups is 1. The predicted octanol–water partition coefficient (Wildman–Crippen LogP) is -1.12. The Hall–Kier alpha value is -3.71. The van der Waals surface area contributed by atoms with Crippen LogP contribution in [0, 0.1) is 0 Å². The highest BCUT2D eigenvalue weighted by atomic mass is 16.7. The normalized spacial score (nSPS) is 29.5. The molecule has 2 aromatic carbocycles. The Morgan fingerprint density at radius 3 is 2.04 bits per heavy atom. The number of methoxy groups -OCH3 is 3. The molecule has 5 rings (SSSR count). The first-order valence-corrected chi connectivity index (χ1v) is 14.2. The molecule has 0 aliphatic carbocycles. The van der Waals surface area contributed by atoms with Gasteiger partial charge in [0.1, 0.15) is 77.6 Å². The molecule has 9 atom stereocenters. The number of ether oxygens (including phenoxy) is 7. The standard InChI is InChI=1S/C30H36O16/c1-39-13-6-15(32)22-16(7-13)43-9-14(23(22)33)12-4-17(40-2)29(41-3)18(5-12)45-30-28(38)27(37)26(36)21(46-30)11-42-10-20-25(35)24(34)19(8-31)44-20/h4-7,9,19-21,24-28,30-32,34-38H,8,10-11H2,1-3H3. The summed E-state index contributed by atoms with van der Waals surface area (Å²) in [7, 11) is 4.07. The summed E-state index contributed by atoms with van der Waals surface area (Å²) in [4.78, 5) is 13.5. The van der Waals surface area contributed by atoms with Gasteiger partial charge in [-0.2, -0.15) is 0 Å². The van der Waals surface area contributed by atoms with E-state index in [2.05, 4.69) is 0 Å². The Morgan fingerprint density at radius 1 is 0.761 bits per heavy atom. The Balaban J connectivity index is 1.40. The van der Waals surface area contributed by atoms with Crippen molar-refractivity contribution in [3.63, 3.8) is 0 Å². The number of fused-ring (bicyclic) bond motifs is 1. The number of benzene rings is 2. The van der Waals surface area contributed by atoms with E-state index < -0.39 is 67.2 Å². The topological polar surface area (TPSA) is 236 Å². The lowest BCUT2D eigenvalue weighted by molar-refractivity contribution is -0.280. The number of phenolic OH excluding ortho intramolecular Hbond substituents is 1. The largest absolute Gasteiger partial charge is 0.507 e. The third-order valence-electron chi connectivity index (χ3n) is 7.94. The molecular weight excluding hydrogens is 616 g/mol. The van der Waals surface area contributed by atoms with Crippen LogP contribution in [-0.2, 0) is 14.2 Å². The Bertz CT molecular complexity index is 1570. The number of aliphatic hydroxyl groups excluding tert-OH is 6. The first-order valence-electron chi connectivity index (χ1n) is 14.2. The van der Waals surface area contributed by atoms with E-state index in [1.165, 1.54) is 51.9 Å². The molecule has 7 N–H and O–H groups in total. The van der Waals surface area contributed by atoms with Crippen LogP contribution in [0.2, 0.25) is 0 Å². The van der Waals surface area contributed by atoms with Crippen LogP contribution in [0.15, 0.2) is 39.7 Å². The van der Waals surface area contributed by atoms with Crippen molar-refractivity contribution in [3.8, 4) is 39.9 Å². The van der Waals surface area contributed by atoms with Gasteiger partial charge in [-0.3, -0.25) is 4.79 Å². The summed E-state index contributed by atoms with van der Waals surface area (Å²) >= 11 is 0. The first kappa shape index (κ1) is 33.6. The van der Waals surface area contributed by atoms with Gasteiger partial charge in [-0.1, -0.05) is 0 Å². The maximum absolute atomic E-state index is 13.5. The molecular formula is C30H36O16. The van der Waals surface area contributed by atoms with Gasteiger partial charge in [-0.25, -0.2) is 0 Å². The molecule has 1 aromatic heterocycles. The third kappa shape index (κ3) is 6.31. The minimum atomic E-state index is -1.76. The fourth-order valence-corrected chi connectivity index (χ4v) is 5.39. The fraction of sp³-hybridized carbons (Fsp3) is 0.500. The van der Waals surface area contributed by atoms with Crippen molar-refractivity contribution in [2.24, 2.45) is 0 Å². The summed E-state index contributed by atoms with van der Waals surface area (Å²) in [5, 5.41) is 71.6. The molecule has 0 radical (unpaired) electrons. The molecule has 0 amide bonds. The average molecular weight is 653 g/mol. The van der Waals surface area contributed by atoms with Gasteiger partial charge in [-0.05, 0) is 17.7 Å². The van der Waals surface area contributed by atoms with Crippen LogP contribution in [0.1, 0.15) is 0 Å². The van der Waals surface area contributed by atoms with Crippen LogP contribution in [0.3, 0.4) is 0 Å². The van der Waals surface area contributed by atoms with Gasteiger partial charge in [0.2, 0.25) is 17.5 Å². The maximum Gasteiger partial charge on any atom is 0.229 e. The Morgan fingerprint density at radius 2 is 1.41 bits per heavy atom. The first-order chi connectivity index (χ1) is 22.0. The summed E-state index contributed by atoms with van der Waals surface area (Å²) < 4.78 is 44.2. The third-order valence-corrected chi connectivity index (χ3v) is 7.94. The molecule has 46 heavy (non-hydrogen) atoms. The van der Waals surface area contributed by atoms with Crippen molar-refractivity contribution in [2.75, 3.05) is 41.2 Å². The zero-order valence-corrected chi connectivity index (χ0v) is 25.0. The molecule has 16 heteroatoms. The zero-order chi connectivity index (χ0) is 33.3. The number of hydrogen-bond acceptors (Lipinski definition) is 16. The SMILES string of the molecule is COc1cc(O)c2c(=O)c(-c3cc(OC)c(OC)c(OC4OC(COCC5OC(CO)C(O)C5O)C(O)C(O)C4O)c3)coc2c1. The zero-order valence-electron chi connectivity index (χ0n) is 25.0. The van der Waals surface area contributed by atoms with E-state index in [9.17, 15) is 40.5 Å². The lowest BCUT2D eigenvalue weighted by Gasteiger charge is -2.40. The van der Waals surface area contributed by atoms with Crippen molar-refractivity contribution in [1.82, 2.24) is 0 Å². The van der Waals surface area contributed by atoms with Gasteiger partial charge in [0.05, 0.1) is 46.7 Å². The number of rotatable bonds is 11. The van der Waals surface area contributed by atoms with Gasteiger partial charge < -0.3 is 73.3 Å². The molecule has 2 saturated heterocycles. The maximum atomic E-state index is 13.5. The number of aliphatic hydroxyl groups is 6. The summed E-state index contributed by atoms with van der Waals surface area (Å²) in [6.45, 7) is -1.12. The number of hydrogen-bond donors (Lipinski definition) is 7. The van der Waals surface area contributed by atoms with Gasteiger partial charge in [0.25, 0.3) is 0 Å². The second-order valence-corrected chi connectivity index (χ2v) is 10.8. The fourth-order valence-electron chi connectivity index (χ4n) is 5.39. The van der Waals surface area contributed by atoms with E-state index in [4.69, 9.17) is 37.6 Å². The lowest BCUT2D eigenvalue weighted by atomic mass is 9.99. The molecule has 0 saturated carbocycles. The van der Waals surface area contributed by atoms with E-state index in [0.717, 1.165) is 0 Å². The van der Waals surface area contributed by atoms with Crippen molar-refractivity contribution in [3.05, 3.63) is 40.8 Å². The Kier molecular flexibility index (Phi) is 10.2. The molecule has 252 valence electrons. The van der Waals surface area contributed by atoms with Crippen LogP contribution in [-0.4, -0.2) is 132 Å². The van der Waals surface area contributed by atoms with Crippen molar-refractivity contribution < 1.29 is 73.3 Å². The van der Waals surface area contributed by atoms with Crippen LogP contribution >= 0.6 is 0 Å². The Labute approximate surface area is 261 Å². The summed E-state index contributed by atoms with van der Waals surface area (Å²) in [6, 6.07) is 5.56. The van der Waals surface area contributed by atoms with Crippen LogP contribution < -0.4 is 24.4 Å². The molecule has 2 fully saturated rings. The highest BCUT2D eigenvalue weighted by molar-refractivity contribution is 5.88. The molecule has 0 spiro atoms. The molecule has 2 aliphatic rings. The molecule has 3 heterocycles. The second kappa shape index (κ2) is 14.0. The molecule has 3 aromatic rings. The highest BCUT2D eigenvalue weighted by Crippen LogP contribution is 2.43. The van der Waals surface area contributed by atoms with Crippen molar-refractivity contribution in [2.45, 2.75) is 55.1 Å². The second-order valence-electron chi connectivity index (χ2n) is 10.8. The summed E-state index contributed by atoms with van der Waals surface area (Å²) in [5.74, 6) is -0.0207. The van der Waals surface area contributed by atoms with Crippen molar-refractivity contribution in [1.29, 1.82) is 0 Å². The van der Waals surface area contributed by atoms with E-state index in [-0.39, 0.29) is 64.1 Å². The molecule has 2 aliphatic heterocycles. The van der Waals surface area contributed by atoms with Crippen LogP contribution in [0.4, 0.5) is 0 Å². The van der Waals surface area contributed by atoms with E-state index >= 15 is 0 Å². The van der Waals surface area contributed by atoms with Crippen LogP contribution in [0.5, 0.6) is 28.7 Å². The molecule has 16 nitrogen and oxygen atoms in total. The van der Waals surface area contributed by atoms with Crippen molar-refractivity contribution >= 4 is 11.0 Å². The highest BCUT2D eigenvalue weighted by Gasteiger charge is 2.46. The van der Waals surface area contributed by atoms with E-state index in [1.807, 2.05) is 0 Å². The quantitative estimate of drug-likeness (QED) is 0.130. The minimum Gasteiger partial charge on any atom is -0.507 e. The van der Waals surface area contributed by atoms with Crippen LogP contribution in [0.25, 0.3) is 22.1 Å². The smallest absolute Gasteiger partial charge is 0.229 e. The van der Waals surface area contributed by atoms with Gasteiger partial charge in [-0.15, -0.1) is 0 Å². The van der Waals surface area contributed by atoms with E-state index in [0.29, 0.717) is 0 Å². The lowest BCUT2D eigenvalue weighted by Crippen LogP contribution is -2.60.